The summed E-state index contributed by atoms with van der Waals surface area (Å²) < 4.78 is 10.7. The molecule has 0 atom stereocenters. The molecule has 5 heteroatoms. The molecule has 1 aromatic heterocycles. The summed E-state index contributed by atoms with van der Waals surface area (Å²) in [6.07, 6.45) is 2.44. The first-order chi connectivity index (χ1) is 9.69. The quantitative estimate of drug-likeness (QED) is 0.624. The molecule has 0 fully saturated rings. The molecule has 0 radical (unpaired) electrons. The van der Waals surface area contributed by atoms with Gasteiger partial charge in [0.05, 0.1) is 6.61 Å². The molecule has 0 aliphatic rings. The first-order valence-electron chi connectivity index (χ1n) is 6.25. The standard InChI is InChI=1S/C15H17N3O2/c1-19-9-7-11-2-4-13(5-3-11)20-14-10-12(15(16)17)6-8-18-14/h2-6,8,10H,7,9H2,1H3,(H3,16,17). The summed E-state index contributed by atoms with van der Waals surface area (Å²) in [6, 6.07) is 11.1. The average molecular weight is 271 g/mol. The molecule has 0 saturated heterocycles. The van der Waals surface area contributed by atoms with Crippen molar-refractivity contribution >= 4 is 5.84 Å². The largest absolute Gasteiger partial charge is 0.439 e. The summed E-state index contributed by atoms with van der Waals surface area (Å²) in [5.74, 6) is 1.11. The van der Waals surface area contributed by atoms with Gasteiger partial charge in [0, 0.05) is 24.9 Å². The number of amidine groups is 1. The zero-order chi connectivity index (χ0) is 14.4. The highest BCUT2D eigenvalue weighted by molar-refractivity contribution is 5.95. The molecule has 20 heavy (non-hydrogen) atoms. The molecule has 1 aromatic carbocycles. The predicted octanol–water partition coefficient (Wildman–Crippen LogP) is 2.35. The van der Waals surface area contributed by atoms with Crippen LogP contribution in [-0.4, -0.2) is 24.5 Å². The summed E-state index contributed by atoms with van der Waals surface area (Å²) in [4.78, 5) is 4.09. The number of nitrogens with two attached hydrogens (primary N) is 1. The number of nitrogen functional groups attached to an aromatic ring is 1. The Balaban J connectivity index is 2.06. The fourth-order valence-electron chi connectivity index (χ4n) is 1.70. The van der Waals surface area contributed by atoms with Crippen molar-refractivity contribution in [2.75, 3.05) is 13.7 Å². The van der Waals surface area contributed by atoms with Crippen LogP contribution in [0.4, 0.5) is 0 Å². The van der Waals surface area contributed by atoms with E-state index in [-0.39, 0.29) is 5.84 Å². The summed E-state index contributed by atoms with van der Waals surface area (Å²) in [5.41, 5.74) is 7.20. The summed E-state index contributed by atoms with van der Waals surface area (Å²) in [7, 11) is 1.69. The van der Waals surface area contributed by atoms with Crippen LogP contribution in [0.1, 0.15) is 11.1 Å². The highest BCUT2D eigenvalue weighted by Gasteiger charge is 2.02. The van der Waals surface area contributed by atoms with Gasteiger partial charge >= 0.3 is 0 Å². The van der Waals surface area contributed by atoms with Gasteiger partial charge in [-0.3, -0.25) is 5.41 Å². The molecule has 0 aliphatic carbocycles. The minimum Gasteiger partial charge on any atom is -0.439 e. The molecule has 0 unspecified atom stereocenters. The lowest BCUT2D eigenvalue weighted by Gasteiger charge is -2.07. The van der Waals surface area contributed by atoms with Crippen molar-refractivity contribution in [1.82, 2.24) is 4.98 Å². The third-order valence-electron chi connectivity index (χ3n) is 2.79. The molecule has 104 valence electrons. The number of ether oxygens (including phenoxy) is 2. The van der Waals surface area contributed by atoms with Crippen LogP contribution in [0.15, 0.2) is 42.6 Å². The van der Waals surface area contributed by atoms with Gasteiger partial charge in [-0.1, -0.05) is 12.1 Å². The zero-order valence-corrected chi connectivity index (χ0v) is 11.3. The minimum absolute atomic E-state index is 0.00726. The maximum absolute atomic E-state index is 7.39. The molecular weight excluding hydrogens is 254 g/mol. The number of rotatable bonds is 6. The Morgan fingerprint density at radius 3 is 2.65 bits per heavy atom. The number of nitrogens with zero attached hydrogens (tertiary/aromatic N) is 1. The summed E-state index contributed by atoms with van der Waals surface area (Å²) in [5, 5.41) is 7.39. The van der Waals surface area contributed by atoms with E-state index in [1.807, 2.05) is 24.3 Å². The highest BCUT2D eigenvalue weighted by atomic mass is 16.5. The van der Waals surface area contributed by atoms with Crippen molar-refractivity contribution in [3.05, 3.63) is 53.7 Å². The topological polar surface area (TPSA) is 81.2 Å². The van der Waals surface area contributed by atoms with Gasteiger partial charge in [0.25, 0.3) is 0 Å². The lowest BCUT2D eigenvalue weighted by Crippen LogP contribution is -2.11. The van der Waals surface area contributed by atoms with Crippen molar-refractivity contribution in [2.24, 2.45) is 5.73 Å². The van der Waals surface area contributed by atoms with Gasteiger partial charge in [-0.25, -0.2) is 4.98 Å². The third-order valence-corrected chi connectivity index (χ3v) is 2.79. The van der Waals surface area contributed by atoms with Crippen LogP contribution in [0, 0.1) is 5.41 Å². The van der Waals surface area contributed by atoms with Crippen LogP contribution in [0.3, 0.4) is 0 Å². The maximum atomic E-state index is 7.39. The smallest absolute Gasteiger partial charge is 0.219 e. The van der Waals surface area contributed by atoms with Gasteiger partial charge in [0.15, 0.2) is 0 Å². The van der Waals surface area contributed by atoms with E-state index >= 15 is 0 Å². The second-order valence-electron chi connectivity index (χ2n) is 4.29. The molecule has 3 N–H and O–H groups in total. The maximum Gasteiger partial charge on any atom is 0.219 e. The number of hydrogen-bond donors (Lipinski definition) is 2. The Morgan fingerprint density at radius 1 is 1.25 bits per heavy atom. The summed E-state index contributed by atoms with van der Waals surface area (Å²) in [6.45, 7) is 0.697. The van der Waals surface area contributed by atoms with Gasteiger partial charge < -0.3 is 15.2 Å². The van der Waals surface area contributed by atoms with Gasteiger partial charge in [-0.05, 0) is 30.2 Å². The fourth-order valence-corrected chi connectivity index (χ4v) is 1.70. The van der Waals surface area contributed by atoms with E-state index in [0.29, 0.717) is 23.8 Å². The molecule has 2 aromatic rings. The van der Waals surface area contributed by atoms with Gasteiger partial charge in [-0.2, -0.15) is 0 Å². The van der Waals surface area contributed by atoms with Crippen molar-refractivity contribution < 1.29 is 9.47 Å². The number of aromatic nitrogens is 1. The Morgan fingerprint density at radius 2 is 2.00 bits per heavy atom. The van der Waals surface area contributed by atoms with E-state index in [0.717, 1.165) is 6.42 Å². The van der Waals surface area contributed by atoms with Crippen molar-refractivity contribution in [1.29, 1.82) is 5.41 Å². The van der Waals surface area contributed by atoms with E-state index in [1.54, 1.807) is 25.4 Å². The second kappa shape index (κ2) is 6.68. The Labute approximate surface area is 117 Å². The second-order valence-corrected chi connectivity index (χ2v) is 4.29. The molecular formula is C15H17N3O2. The lowest BCUT2D eigenvalue weighted by molar-refractivity contribution is 0.202. The zero-order valence-electron chi connectivity index (χ0n) is 11.3. The number of pyridine rings is 1. The van der Waals surface area contributed by atoms with Crippen LogP contribution in [0.2, 0.25) is 0 Å². The molecule has 0 saturated carbocycles. The van der Waals surface area contributed by atoms with Gasteiger partial charge in [0.1, 0.15) is 11.6 Å². The van der Waals surface area contributed by atoms with Crippen molar-refractivity contribution in [3.63, 3.8) is 0 Å². The van der Waals surface area contributed by atoms with Gasteiger partial charge in [0.2, 0.25) is 5.88 Å². The van der Waals surface area contributed by atoms with E-state index in [1.165, 1.54) is 5.56 Å². The molecule has 1 heterocycles. The predicted molar refractivity (Wildman–Crippen MR) is 77.3 cm³/mol. The van der Waals surface area contributed by atoms with E-state index in [4.69, 9.17) is 20.6 Å². The van der Waals surface area contributed by atoms with E-state index in [9.17, 15) is 0 Å². The number of hydrogen-bond acceptors (Lipinski definition) is 4. The number of methoxy groups -OCH3 is 1. The normalized spacial score (nSPS) is 10.2. The monoisotopic (exact) mass is 271 g/mol. The molecule has 2 rings (SSSR count). The van der Waals surface area contributed by atoms with Crippen molar-refractivity contribution in [3.8, 4) is 11.6 Å². The lowest BCUT2D eigenvalue weighted by atomic mass is 10.1. The molecule has 5 nitrogen and oxygen atoms in total. The van der Waals surface area contributed by atoms with E-state index in [2.05, 4.69) is 4.98 Å². The Bertz CT molecular complexity index is 582. The molecule has 0 aliphatic heterocycles. The van der Waals surface area contributed by atoms with Crippen LogP contribution < -0.4 is 10.5 Å². The fraction of sp³-hybridized carbons (Fsp3) is 0.200. The van der Waals surface area contributed by atoms with Crippen molar-refractivity contribution in [2.45, 2.75) is 6.42 Å². The number of nitrogens with one attached hydrogen (secondary N) is 1. The SMILES string of the molecule is COCCc1ccc(Oc2cc(C(=N)N)ccn2)cc1. The van der Waals surface area contributed by atoms with Crippen LogP contribution in [-0.2, 0) is 11.2 Å². The van der Waals surface area contributed by atoms with Crippen LogP contribution >= 0.6 is 0 Å². The Kier molecular flexibility index (Phi) is 4.68. The third kappa shape index (κ3) is 3.80. The minimum atomic E-state index is -0.00726. The van der Waals surface area contributed by atoms with Gasteiger partial charge in [-0.15, -0.1) is 0 Å². The number of benzene rings is 1. The first kappa shape index (κ1) is 14.0. The molecule has 0 bridgehead atoms. The Hall–Kier alpha value is -2.40. The average Bonchev–Trinajstić information content (AvgIpc) is 2.47. The molecule has 0 amide bonds. The van der Waals surface area contributed by atoms with E-state index < -0.39 is 0 Å². The molecule has 0 spiro atoms. The highest BCUT2D eigenvalue weighted by Crippen LogP contribution is 2.20. The first-order valence-corrected chi connectivity index (χ1v) is 6.25. The van der Waals surface area contributed by atoms with Crippen LogP contribution in [0.25, 0.3) is 0 Å². The van der Waals surface area contributed by atoms with Crippen LogP contribution in [0.5, 0.6) is 11.6 Å². The summed E-state index contributed by atoms with van der Waals surface area (Å²) >= 11 is 0.